The molecule has 3 aromatic rings. The fourth-order valence-corrected chi connectivity index (χ4v) is 4.04. The van der Waals surface area contributed by atoms with Crippen molar-refractivity contribution in [1.82, 2.24) is 5.32 Å². The van der Waals surface area contributed by atoms with Gasteiger partial charge in [0.1, 0.15) is 10.8 Å². The molecule has 0 radical (unpaired) electrons. The zero-order chi connectivity index (χ0) is 22.4. The van der Waals surface area contributed by atoms with Crippen molar-refractivity contribution >= 4 is 34.1 Å². The Balaban J connectivity index is 1.88. The highest BCUT2D eigenvalue weighted by Gasteiger charge is 2.27. The van der Waals surface area contributed by atoms with Crippen molar-refractivity contribution in [3.05, 3.63) is 87.5 Å². The molecule has 2 N–H and O–H groups in total. The second-order valence-electron chi connectivity index (χ2n) is 6.61. The van der Waals surface area contributed by atoms with E-state index in [0.29, 0.717) is 12.1 Å². The number of thiophene rings is 1. The lowest BCUT2D eigenvalue weighted by molar-refractivity contribution is 0.0527. The van der Waals surface area contributed by atoms with E-state index in [1.54, 1.807) is 13.8 Å². The number of ether oxygens (including phenoxy) is 1. The molecule has 1 aromatic heterocycles. The van der Waals surface area contributed by atoms with E-state index in [0.717, 1.165) is 23.0 Å². The number of hydrogen-bond acceptors (Lipinski definition) is 5. The molecule has 2 amide bonds. The predicted octanol–water partition coefficient (Wildman–Crippen LogP) is 4.55. The third-order valence-electron chi connectivity index (χ3n) is 4.44. The Morgan fingerprint density at radius 3 is 2.45 bits per heavy atom. The van der Waals surface area contributed by atoms with Crippen LogP contribution in [-0.2, 0) is 11.3 Å². The standard InChI is InChI=1S/C23H21FN2O4S/c1-3-30-23(29)18-14(2)19(21(28)25-13-15-8-5-4-6-9-15)31-22(18)26-20(27)16-10-7-11-17(24)12-16/h4-12H,3,13H2,1-2H3,(H,25,28)(H,26,27). The summed E-state index contributed by atoms with van der Waals surface area (Å²) in [6, 6.07) is 14.6. The van der Waals surface area contributed by atoms with E-state index in [1.807, 2.05) is 30.3 Å². The maximum atomic E-state index is 13.5. The van der Waals surface area contributed by atoms with Crippen LogP contribution in [0.2, 0.25) is 0 Å². The van der Waals surface area contributed by atoms with Crippen LogP contribution in [-0.4, -0.2) is 24.4 Å². The van der Waals surface area contributed by atoms with E-state index >= 15 is 0 Å². The summed E-state index contributed by atoms with van der Waals surface area (Å²) in [5, 5.41) is 5.61. The smallest absolute Gasteiger partial charge is 0.341 e. The van der Waals surface area contributed by atoms with Gasteiger partial charge < -0.3 is 15.4 Å². The summed E-state index contributed by atoms with van der Waals surface area (Å²) < 4.78 is 18.6. The van der Waals surface area contributed by atoms with Gasteiger partial charge >= 0.3 is 5.97 Å². The Labute approximate surface area is 183 Å². The predicted molar refractivity (Wildman–Crippen MR) is 117 cm³/mol. The summed E-state index contributed by atoms with van der Waals surface area (Å²) >= 11 is 0.972. The molecule has 1 heterocycles. The minimum Gasteiger partial charge on any atom is -0.462 e. The zero-order valence-corrected chi connectivity index (χ0v) is 17.8. The van der Waals surface area contributed by atoms with Crippen molar-refractivity contribution in [3.8, 4) is 0 Å². The second kappa shape index (κ2) is 9.99. The molecule has 0 aliphatic rings. The Morgan fingerprint density at radius 1 is 1.03 bits per heavy atom. The van der Waals surface area contributed by atoms with Gasteiger partial charge in [-0.3, -0.25) is 9.59 Å². The number of benzene rings is 2. The Hall–Kier alpha value is -3.52. The Bertz CT molecular complexity index is 1110. The first-order valence-corrected chi connectivity index (χ1v) is 10.4. The first kappa shape index (κ1) is 22.2. The van der Waals surface area contributed by atoms with Gasteiger partial charge in [0.25, 0.3) is 11.8 Å². The molecule has 0 unspecified atom stereocenters. The summed E-state index contributed by atoms with van der Waals surface area (Å²) in [6.45, 7) is 3.74. The fraction of sp³-hybridized carbons (Fsp3) is 0.174. The number of nitrogens with one attached hydrogen (secondary N) is 2. The van der Waals surface area contributed by atoms with Gasteiger partial charge in [0.2, 0.25) is 0 Å². The highest BCUT2D eigenvalue weighted by Crippen LogP contribution is 2.34. The highest BCUT2D eigenvalue weighted by molar-refractivity contribution is 7.18. The molecule has 0 fully saturated rings. The van der Waals surface area contributed by atoms with Gasteiger partial charge in [-0.2, -0.15) is 0 Å². The van der Waals surface area contributed by atoms with Gasteiger partial charge in [0, 0.05) is 12.1 Å². The zero-order valence-electron chi connectivity index (χ0n) is 17.0. The quantitative estimate of drug-likeness (QED) is 0.528. The van der Waals surface area contributed by atoms with Crippen LogP contribution in [0.25, 0.3) is 0 Å². The molecule has 0 spiro atoms. The minimum atomic E-state index is -0.645. The topological polar surface area (TPSA) is 84.5 Å². The molecule has 31 heavy (non-hydrogen) atoms. The van der Waals surface area contributed by atoms with E-state index in [2.05, 4.69) is 10.6 Å². The molecule has 0 atom stereocenters. The van der Waals surface area contributed by atoms with E-state index < -0.39 is 17.7 Å². The SMILES string of the molecule is CCOC(=O)c1c(NC(=O)c2cccc(F)c2)sc(C(=O)NCc2ccccc2)c1C. The molecule has 0 aliphatic carbocycles. The van der Waals surface area contributed by atoms with Crippen LogP contribution in [0.3, 0.4) is 0 Å². The summed E-state index contributed by atoms with van der Waals surface area (Å²) in [6.07, 6.45) is 0. The monoisotopic (exact) mass is 440 g/mol. The molecule has 0 saturated carbocycles. The van der Waals surface area contributed by atoms with Crippen molar-refractivity contribution in [2.45, 2.75) is 20.4 Å². The van der Waals surface area contributed by atoms with Gasteiger partial charge in [0.05, 0.1) is 17.0 Å². The summed E-state index contributed by atoms with van der Waals surface area (Å²) in [5.41, 5.74) is 1.54. The molecular formula is C23H21FN2O4S. The molecule has 2 aromatic carbocycles. The van der Waals surface area contributed by atoms with Gasteiger partial charge in [-0.05, 0) is 43.2 Å². The first-order chi connectivity index (χ1) is 14.9. The van der Waals surface area contributed by atoms with Crippen LogP contribution in [0.5, 0.6) is 0 Å². The second-order valence-corrected chi connectivity index (χ2v) is 7.63. The van der Waals surface area contributed by atoms with Gasteiger partial charge in [0.15, 0.2) is 0 Å². The number of anilines is 1. The molecule has 3 rings (SSSR count). The minimum absolute atomic E-state index is 0.0935. The molecule has 0 saturated heterocycles. The number of halogens is 1. The van der Waals surface area contributed by atoms with Crippen LogP contribution in [0.1, 0.15) is 48.4 Å². The number of esters is 1. The molecular weight excluding hydrogens is 419 g/mol. The van der Waals surface area contributed by atoms with E-state index in [9.17, 15) is 18.8 Å². The summed E-state index contributed by atoms with van der Waals surface area (Å²) in [7, 11) is 0. The fourth-order valence-electron chi connectivity index (χ4n) is 2.93. The van der Waals surface area contributed by atoms with Crippen LogP contribution in [0.4, 0.5) is 9.39 Å². The van der Waals surface area contributed by atoms with Crippen LogP contribution in [0, 0.1) is 12.7 Å². The van der Waals surface area contributed by atoms with Crippen molar-refractivity contribution < 1.29 is 23.5 Å². The lowest BCUT2D eigenvalue weighted by Crippen LogP contribution is -2.22. The number of hydrogen-bond donors (Lipinski definition) is 2. The number of rotatable bonds is 7. The van der Waals surface area contributed by atoms with Crippen molar-refractivity contribution in [1.29, 1.82) is 0 Å². The van der Waals surface area contributed by atoms with Crippen molar-refractivity contribution in [2.75, 3.05) is 11.9 Å². The Morgan fingerprint density at radius 2 is 1.77 bits per heavy atom. The Kier molecular flexibility index (Phi) is 7.15. The maximum Gasteiger partial charge on any atom is 0.341 e. The van der Waals surface area contributed by atoms with Gasteiger partial charge in [-0.25, -0.2) is 9.18 Å². The third kappa shape index (κ3) is 5.35. The number of carbonyl (C=O) groups excluding carboxylic acids is 3. The van der Waals surface area contributed by atoms with Crippen LogP contribution in [0.15, 0.2) is 54.6 Å². The third-order valence-corrected chi connectivity index (χ3v) is 5.65. The highest BCUT2D eigenvalue weighted by atomic mass is 32.1. The average molecular weight is 440 g/mol. The number of carbonyl (C=O) groups is 3. The summed E-state index contributed by atoms with van der Waals surface area (Å²) in [5.74, 6) is -2.17. The molecule has 8 heteroatoms. The van der Waals surface area contributed by atoms with E-state index in [-0.39, 0.29) is 33.5 Å². The molecule has 160 valence electrons. The lowest BCUT2D eigenvalue weighted by atomic mass is 10.1. The lowest BCUT2D eigenvalue weighted by Gasteiger charge is -2.07. The largest absolute Gasteiger partial charge is 0.462 e. The number of amides is 2. The van der Waals surface area contributed by atoms with Crippen molar-refractivity contribution in [3.63, 3.8) is 0 Å². The van der Waals surface area contributed by atoms with Crippen LogP contribution >= 0.6 is 11.3 Å². The first-order valence-electron chi connectivity index (χ1n) is 9.60. The summed E-state index contributed by atoms with van der Waals surface area (Å²) in [4.78, 5) is 38.1. The van der Waals surface area contributed by atoms with E-state index in [1.165, 1.54) is 18.2 Å². The van der Waals surface area contributed by atoms with Gasteiger partial charge in [-0.15, -0.1) is 11.3 Å². The normalized spacial score (nSPS) is 10.4. The van der Waals surface area contributed by atoms with E-state index in [4.69, 9.17) is 4.74 Å². The molecule has 0 aliphatic heterocycles. The molecule has 6 nitrogen and oxygen atoms in total. The average Bonchev–Trinajstić information content (AvgIpc) is 3.08. The molecule has 0 bridgehead atoms. The van der Waals surface area contributed by atoms with Crippen LogP contribution < -0.4 is 10.6 Å². The maximum absolute atomic E-state index is 13.5. The van der Waals surface area contributed by atoms with Gasteiger partial charge in [-0.1, -0.05) is 36.4 Å². The van der Waals surface area contributed by atoms with Crippen molar-refractivity contribution in [2.24, 2.45) is 0 Å².